The first-order valence-corrected chi connectivity index (χ1v) is 4.30. The van der Waals surface area contributed by atoms with Gasteiger partial charge in [-0.3, -0.25) is 4.79 Å². The molecule has 1 heterocycles. The Bertz CT molecular complexity index is 292. The zero-order valence-electron chi connectivity index (χ0n) is 7.90. The van der Waals surface area contributed by atoms with Gasteiger partial charge in [0, 0.05) is 12.5 Å². The molecule has 1 aromatic rings. The van der Waals surface area contributed by atoms with Gasteiger partial charge in [-0.05, 0) is 20.4 Å². The van der Waals surface area contributed by atoms with Crippen LogP contribution in [-0.4, -0.2) is 27.3 Å². The lowest BCUT2D eigenvalue weighted by molar-refractivity contribution is 0.0980. The molecule has 1 aromatic heterocycles. The molecular weight excluding hydrogens is 168 g/mol. The number of hydrogen-bond donors (Lipinski definition) is 1. The topological polar surface area (TPSA) is 73.8 Å². The smallest absolute Gasteiger partial charge is 0.185 e. The largest absolute Gasteiger partial charge is 0.330 e. The second kappa shape index (κ2) is 4.13. The summed E-state index contributed by atoms with van der Waals surface area (Å²) in [6.07, 6.45) is 1.99. The van der Waals surface area contributed by atoms with E-state index in [9.17, 15) is 4.79 Å². The summed E-state index contributed by atoms with van der Waals surface area (Å²) in [6, 6.07) is 0.229. The molecule has 0 amide bonds. The molecule has 0 saturated heterocycles. The summed E-state index contributed by atoms with van der Waals surface area (Å²) >= 11 is 0. The zero-order valence-corrected chi connectivity index (χ0v) is 7.90. The van der Waals surface area contributed by atoms with Crippen LogP contribution in [0, 0.1) is 0 Å². The highest BCUT2D eigenvalue weighted by atomic mass is 16.1. The number of ketones is 1. The number of nitrogens with zero attached hydrogens (tertiary/aromatic N) is 3. The second-order valence-corrected chi connectivity index (χ2v) is 3.14. The van der Waals surface area contributed by atoms with E-state index in [1.807, 2.05) is 13.8 Å². The lowest BCUT2D eigenvalue weighted by Gasteiger charge is -2.00. The van der Waals surface area contributed by atoms with Crippen molar-refractivity contribution < 1.29 is 4.79 Å². The number of Topliss-reactive ketones (excluding diaryl/α,β-unsaturated/α-hetero) is 1. The van der Waals surface area contributed by atoms with Gasteiger partial charge in [-0.15, -0.1) is 5.10 Å². The van der Waals surface area contributed by atoms with Gasteiger partial charge in [0.05, 0.1) is 6.20 Å². The molecule has 13 heavy (non-hydrogen) atoms. The summed E-state index contributed by atoms with van der Waals surface area (Å²) in [4.78, 5) is 11.3. The zero-order chi connectivity index (χ0) is 9.84. The van der Waals surface area contributed by atoms with Crippen molar-refractivity contribution in [2.45, 2.75) is 26.3 Å². The molecule has 72 valence electrons. The molecule has 0 atom stereocenters. The van der Waals surface area contributed by atoms with E-state index in [1.165, 1.54) is 0 Å². The lowest BCUT2D eigenvalue weighted by atomic mass is 10.2. The van der Waals surface area contributed by atoms with Gasteiger partial charge in [0.25, 0.3) is 0 Å². The Kier molecular flexibility index (Phi) is 3.13. The number of carbonyl (C=O) groups is 1. The molecule has 2 N–H and O–H groups in total. The summed E-state index contributed by atoms with van der Waals surface area (Å²) < 4.78 is 1.66. The van der Waals surface area contributed by atoms with E-state index >= 15 is 0 Å². The molecule has 0 aliphatic heterocycles. The summed E-state index contributed by atoms with van der Waals surface area (Å²) in [5.74, 6) is -0.0469. The van der Waals surface area contributed by atoms with Crippen LogP contribution < -0.4 is 5.73 Å². The van der Waals surface area contributed by atoms with Gasteiger partial charge in [0.15, 0.2) is 5.78 Å². The first kappa shape index (κ1) is 9.85. The molecule has 0 bridgehead atoms. The monoisotopic (exact) mass is 182 g/mol. The van der Waals surface area contributed by atoms with Crippen LogP contribution in [-0.2, 0) is 0 Å². The quantitative estimate of drug-likeness (QED) is 0.683. The fraction of sp³-hybridized carbons (Fsp3) is 0.625. The van der Waals surface area contributed by atoms with Gasteiger partial charge in [-0.2, -0.15) is 0 Å². The van der Waals surface area contributed by atoms with Crippen molar-refractivity contribution in [1.29, 1.82) is 0 Å². The normalized spacial score (nSPS) is 10.8. The summed E-state index contributed by atoms with van der Waals surface area (Å²) in [7, 11) is 0. The SMILES string of the molecule is CC(C)n1cc(C(=O)CCN)nn1. The third kappa shape index (κ3) is 2.35. The average Bonchev–Trinajstić information content (AvgIpc) is 2.52. The highest BCUT2D eigenvalue weighted by Crippen LogP contribution is 2.03. The summed E-state index contributed by atoms with van der Waals surface area (Å²) in [5, 5.41) is 7.59. The number of nitrogens with two attached hydrogens (primary N) is 1. The van der Waals surface area contributed by atoms with E-state index in [2.05, 4.69) is 10.3 Å². The van der Waals surface area contributed by atoms with Gasteiger partial charge in [0.2, 0.25) is 0 Å². The third-order valence-corrected chi connectivity index (χ3v) is 1.70. The van der Waals surface area contributed by atoms with E-state index in [0.717, 1.165) is 0 Å². The first-order chi connectivity index (χ1) is 6.15. The van der Waals surface area contributed by atoms with E-state index in [4.69, 9.17) is 5.73 Å². The van der Waals surface area contributed by atoms with Crippen LogP contribution in [0.5, 0.6) is 0 Å². The van der Waals surface area contributed by atoms with Crippen LogP contribution in [0.1, 0.15) is 36.8 Å². The molecule has 0 saturated carbocycles. The molecule has 5 nitrogen and oxygen atoms in total. The molecule has 5 heteroatoms. The fourth-order valence-electron chi connectivity index (χ4n) is 0.916. The van der Waals surface area contributed by atoms with Gasteiger partial charge < -0.3 is 5.73 Å². The van der Waals surface area contributed by atoms with E-state index in [-0.39, 0.29) is 11.8 Å². The molecule has 0 aliphatic carbocycles. The number of aromatic nitrogens is 3. The summed E-state index contributed by atoms with van der Waals surface area (Å²) in [6.45, 7) is 4.31. The van der Waals surface area contributed by atoms with Crippen molar-refractivity contribution in [2.24, 2.45) is 5.73 Å². The fourth-order valence-corrected chi connectivity index (χ4v) is 0.916. The standard InChI is InChI=1S/C8H14N4O/c1-6(2)12-5-7(10-11-12)8(13)3-4-9/h5-6H,3-4,9H2,1-2H3. The van der Waals surface area contributed by atoms with Gasteiger partial charge in [0.1, 0.15) is 5.69 Å². The number of rotatable bonds is 4. The lowest BCUT2D eigenvalue weighted by Crippen LogP contribution is -2.08. The van der Waals surface area contributed by atoms with Crippen LogP contribution in [0.25, 0.3) is 0 Å². The van der Waals surface area contributed by atoms with Crippen molar-refractivity contribution in [3.63, 3.8) is 0 Å². The molecule has 0 unspecified atom stereocenters. The minimum Gasteiger partial charge on any atom is -0.330 e. The molecule has 1 rings (SSSR count). The van der Waals surface area contributed by atoms with Crippen molar-refractivity contribution in [3.05, 3.63) is 11.9 Å². The number of carbonyl (C=O) groups excluding carboxylic acids is 1. The maximum absolute atomic E-state index is 11.3. The molecule has 0 aliphatic rings. The predicted octanol–water partition coefficient (Wildman–Crippen LogP) is 0.390. The molecular formula is C8H14N4O. The van der Waals surface area contributed by atoms with Crippen LogP contribution in [0.3, 0.4) is 0 Å². The average molecular weight is 182 g/mol. The van der Waals surface area contributed by atoms with Gasteiger partial charge in [-0.1, -0.05) is 5.21 Å². The maximum Gasteiger partial charge on any atom is 0.185 e. The Morgan fingerprint density at radius 3 is 2.85 bits per heavy atom. The molecule has 0 fully saturated rings. The number of hydrogen-bond acceptors (Lipinski definition) is 4. The third-order valence-electron chi connectivity index (χ3n) is 1.70. The van der Waals surface area contributed by atoms with E-state index in [1.54, 1.807) is 10.9 Å². The highest BCUT2D eigenvalue weighted by Gasteiger charge is 2.10. The Morgan fingerprint density at radius 1 is 1.69 bits per heavy atom. The van der Waals surface area contributed by atoms with E-state index < -0.39 is 0 Å². The van der Waals surface area contributed by atoms with Crippen molar-refractivity contribution in [3.8, 4) is 0 Å². The first-order valence-electron chi connectivity index (χ1n) is 4.30. The van der Waals surface area contributed by atoms with Crippen LogP contribution >= 0.6 is 0 Å². The Hall–Kier alpha value is -1.23. The van der Waals surface area contributed by atoms with Crippen molar-refractivity contribution in [1.82, 2.24) is 15.0 Å². The van der Waals surface area contributed by atoms with Crippen LogP contribution in [0.15, 0.2) is 6.20 Å². The Morgan fingerprint density at radius 2 is 2.38 bits per heavy atom. The minimum atomic E-state index is -0.0469. The van der Waals surface area contributed by atoms with E-state index in [0.29, 0.717) is 18.7 Å². The van der Waals surface area contributed by atoms with Gasteiger partial charge >= 0.3 is 0 Å². The Labute approximate surface area is 76.9 Å². The van der Waals surface area contributed by atoms with Crippen LogP contribution in [0.2, 0.25) is 0 Å². The van der Waals surface area contributed by atoms with Gasteiger partial charge in [-0.25, -0.2) is 4.68 Å². The molecule has 0 radical (unpaired) electrons. The summed E-state index contributed by atoms with van der Waals surface area (Å²) in [5.41, 5.74) is 5.66. The second-order valence-electron chi connectivity index (χ2n) is 3.14. The Balaban J connectivity index is 2.73. The van der Waals surface area contributed by atoms with Crippen LogP contribution in [0.4, 0.5) is 0 Å². The highest BCUT2D eigenvalue weighted by molar-refractivity contribution is 5.93. The predicted molar refractivity (Wildman–Crippen MR) is 48.4 cm³/mol. The molecule has 0 spiro atoms. The maximum atomic E-state index is 11.3. The van der Waals surface area contributed by atoms with Crippen molar-refractivity contribution in [2.75, 3.05) is 6.54 Å². The molecule has 0 aromatic carbocycles. The van der Waals surface area contributed by atoms with Crippen molar-refractivity contribution >= 4 is 5.78 Å². The minimum absolute atomic E-state index is 0.0469.